The standard InChI is InChI=1S/C22H18ClN3O3S/c1-11-9-15(23)6-7-16(11)26-18(14-5-4-8-24-10-14)17(20(28)22(26)29)19(27)21-12(2)25-13(3)30-21/h4-10,18,28H,1-3H3. The van der Waals surface area contributed by atoms with Gasteiger partial charge in [0, 0.05) is 23.1 Å². The van der Waals surface area contributed by atoms with Gasteiger partial charge in [-0.05, 0) is 56.2 Å². The van der Waals surface area contributed by atoms with Gasteiger partial charge in [-0.2, -0.15) is 0 Å². The minimum atomic E-state index is -0.819. The van der Waals surface area contributed by atoms with Crippen LogP contribution in [0.5, 0.6) is 0 Å². The van der Waals surface area contributed by atoms with Crippen LogP contribution in [-0.2, 0) is 4.79 Å². The molecule has 4 rings (SSSR count). The van der Waals surface area contributed by atoms with Gasteiger partial charge in [0.25, 0.3) is 5.91 Å². The maximum Gasteiger partial charge on any atom is 0.294 e. The summed E-state index contributed by atoms with van der Waals surface area (Å²) in [5, 5.41) is 12.1. The van der Waals surface area contributed by atoms with E-state index in [9.17, 15) is 14.7 Å². The lowest BCUT2D eigenvalue weighted by Crippen LogP contribution is -2.31. The summed E-state index contributed by atoms with van der Waals surface area (Å²) in [6, 6.07) is 7.80. The van der Waals surface area contributed by atoms with Crippen molar-refractivity contribution in [2.45, 2.75) is 26.8 Å². The molecule has 30 heavy (non-hydrogen) atoms. The molecule has 0 spiro atoms. The fourth-order valence-corrected chi connectivity index (χ4v) is 4.79. The van der Waals surface area contributed by atoms with Crippen LogP contribution in [0.4, 0.5) is 5.69 Å². The molecule has 0 saturated carbocycles. The third kappa shape index (κ3) is 3.30. The van der Waals surface area contributed by atoms with Crippen LogP contribution in [0.15, 0.2) is 54.1 Å². The number of Topliss-reactive ketones (excluding diaryl/α,β-unsaturated/α-hetero) is 1. The molecule has 1 unspecified atom stereocenters. The van der Waals surface area contributed by atoms with Gasteiger partial charge in [0.1, 0.15) is 0 Å². The van der Waals surface area contributed by atoms with Gasteiger partial charge in [-0.25, -0.2) is 4.98 Å². The number of ketones is 1. The lowest BCUT2D eigenvalue weighted by Gasteiger charge is -2.28. The second-order valence-corrected chi connectivity index (χ2v) is 8.67. The number of hydrogen-bond acceptors (Lipinski definition) is 6. The number of aliphatic hydroxyl groups excluding tert-OH is 1. The van der Waals surface area contributed by atoms with Gasteiger partial charge in [-0.15, -0.1) is 11.3 Å². The number of halogens is 1. The van der Waals surface area contributed by atoms with Crippen LogP contribution >= 0.6 is 22.9 Å². The molecule has 8 heteroatoms. The number of nitrogens with zero attached hydrogens (tertiary/aromatic N) is 3. The Morgan fingerprint density at radius 3 is 2.60 bits per heavy atom. The van der Waals surface area contributed by atoms with Gasteiger partial charge >= 0.3 is 0 Å². The molecule has 0 fully saturated rings. The zero-order valence-corrected chi connectivity index (χ0v) is 18.1. The number of amides is 1. The zero-order chi connectivity index (χ0) is 21.6. The van der Waals surface area contributed by atoms with Gasteiger partial charge in [-0.3, -0.25) is 19.5 Å². The number of benzene rings is 1. The number of rotatable bonds is 4. The zero-order valence-electron chi connectivity index (χ0n) is 16.5. The Kier molecular flexibility index (Phi) is 5.17. The molecule has 1 aromatic carbocycles. The minimum absolute atomic E-state index is 0.0223. The number of pyridine rings is 1. The summed E-state index contributed by atoms with van der Waals surface area (Å²) in [6.07, 6.45) is 3.20. The lowest BCUT2D eigenvalue weighted by atomic mass is 9.95. The Morgan fingerprint density at radius 2 is 2.00 bits per heavy atom. The molecule has 0 radical (unpaired) electrons. The fourth-order valence-electron chi connectivity index (χ4n) is 3.69. The van der Waals surface area contributed by atoms with Crippen LogP contribution in [0.2, 0.25) is 5.02 Å². The lowest BCUT2D eigenvalue weighted by molar-refractivity contribution is -0.117. The van der Waals surface area contributed by atoms with Gasteiger partial charge < -0.3 is 5.11 Å². The molecule has 3 aromatic rings. The maximum atomic E-state index is 13.5. The topological polar surface area (TPSA) is 83.4 Å². The molecule has 0 aliphatic carbocycles. The van der Waals surface area contributed by atoms with Crippen molar-refractivity contribution in [2.75, 3.05) is 4.90 Å². The van der Waals surface area contributed by atoms with Crippen molar-refractivity contribution in [3.05, 3.63) is 85.8 Å². The highest BCUT2D eigenvalue weighted by Gasteiger charge is 2.45. The number of aromatic nitrogens is 2. The molecule has 2 aromatic heterocycles. The summed E-state index contributed by atoms with van der Waals surface area (Å²) in [7, 11) is 0. The molecule has 1 aliphatic heterocycles. The van der Waals surface area contributed by atoms with E-state index < -0.39 is 23.5 Å². The van der Waals surface area contributed by atoms with Crippen LogP contribution in [0.1, 0.15) is 37.5 Å². The van der Waals surface area contributed by atoms with E-state index in [1.54, 1.807) is 49.6 Å². The predicted octanol–water partition coefficient (Wildman–Crippen LogP) is 4.90. The number of hydrogen-bond donors (Lipinski definition) is 1. The smallest absolute Gasteiger partial charge is 0.294 e. The molecule has 152 valence electrons. The second kappa shape index (κ2) is 7.66. The molecule has 6 nitrogen and oxygen atoms in total. The van der Waals surface area contributed by atoms with Crippen LogP contribution in [0.25, 0.3) is 0 Å². The number of anilines is 1. The Bertz CT molecular complexity index is 1200. The summed E-state index contributed by atoms with van der Waals surface area (Å²) in [6.45, 7) is 5.37. The highest BCUT2D eigenvalue weighted by molar-refractivity contribution is 7.14. The van der Waals surface area contributed by atoms with E-state index in [1.807, 2.05) is 13.8 Å². The Morgan fingerprint density at radius 1 is 1.23 bits per heavy atom. The number of aryl methyl sites for hydroxylation is 3. The average molecular weight is 440 g/mol. The van der Waals surface area contributed by atoms with Crippen molar-refractivity contribution in [2.24, 2.45) is 0 Å². The second-order valence-electron chi connectivity index (χ2n) is 7.03. The Hall–Kier alpha value is -3.03. The highest BCUT2D eigenvalue weighted by Crippen LogP contribution is 2.43. The summed E-state index contributed by atoms with van der Waals surface area (Å²) in [4.78, 5) is 36.9. The Balaban J connectivity index is 1.91. The minimum Gasteiger partial charge on any atom is -0.503 e. The molecular weight excluding hydrogens is 422 g/mol. The van der Waals surface area contributed by atoms with Crippen LogP contribution in [0.3, 0.4) is 0 Å². The van der Waals surface area contributed by atoms with Crippen molar-refractivity contribution in [1.82, 2.24) is 9.97 Å². The van der Waals surface area contributed by atoms with Crippen molar-refractivity contribution < 1.29 is 14.7 Å². The normalized spacial score (nSPS) is 16.5. The van der Waals surface area contributed by atoms with Crippen molar-refractivity contribution >= 4 is 40.3 Å². The van der Waals surface area contributed by atoms with E-state index in [4.69, 9.17) is 11.6 Å². The number of carbonyl (C=O) groups excluding carboxylic acids is 2. The molecule has 0 saturated heterocycles. The fraction of sp³-hybridized carbons (Fsp3) is 0.182. The summed E-state index contributed by atoms with van der Waals surface area (Å²) in [5.74, 6) is -1.61. The molecule has 1 amide bonds. The van der Waals surface area contributed by atoms with E-state index in [-0.39, 0.29) is 5.57 Å². The summed E-state index contributed by atoms with van der Waals surface area (Å²) >= 11 is 7.33. The van der Waals surface area contributed by atoms with Gasteiger partial charge in [0.2, 0.25) is 5.78 Å². The third-order valence-corrected chi connectivity index (χ3v) is 6.29. The third-order valence-electron chi connectivity index (χ3n) is 4.98. The molecule has 0 bridgehead atoms. The average Bonchev–Trinajstić information content (AvgIpc) is 3.18. The highest BCUT2D eigenvalue weighted by atomic mass is 35.5. The first kappa shape index (κ1) is 20.3. The molecular formula is C22H18ClN3O3S. The first-order valence-electron chi connectivity index (χ1n) is 9.21. The van der Waals surface area contributed by atoms with E-state index in [0.29, 0.717) is 26.8 Å². The van der Waals surface area contributed by atoms with Gasteiger partial charge in [0.15, 0.2) is 5.76 Å². The van der Waals surface area contributed by atoms with E-state index >= 15 is 0 Å². The van der Waals surface area contributed by atoms with Crippen molar-refractivity contribution in [3.8, 4) is 0 Å². The first-order valence-corrected chi connectivity index (χ1v) is 10.4. The number of carbonyl (C=O) groups is 2. The SMILES string of the molecule is Cc1nc(C)c(C(=O)C2=C(O)C(=O)N(c3ccc(Cl)cc3C)C2c2cccnc2)s1. The monoisotopic (exact) mass is 439 g/mol. The van der Waals surface area contributed by atoms with Gasteiger partial charge in [0.05, 0.1) is 27.2 Å². The summed E-state index contributed by atoms with van der Waals surface area (Å²) < 4.78 is 0. The van der Waals surface area contributed by atoms with E-state index in [0.717, 1.165) is 10.6 Å². The van der Waals surface area contributed by atoms with Crippen molar-refractivity contribution in [3.63, 3.8) is 0 Å². The first-order chi connectivity index (χ1) is 14.3. The predicted molar refractivity (Wildman–Crippen MR) is 116 cm³/mol. The van der Waals surface area contributed by atoms with Crippen LogP contribution in [0, 0.1) is 20.8 Å². The molecule has 1 atom stereocenters. The van der Waals surface area contributed by atoms with Crippen LogP contribution in [-0.4, -0.2) is 26.8 Å². The van der Waals surface area contributed by atoms with Crippen LogP contribution < -0.4 is 4.90 Å². The van der Waals surface area contributed by atoms with Crippen molar-refractivity contribution in [1.29, 1.82) is 0 Å². The molecule has 1 N–H and O–H groups in total. The quantitative estimate of drug-likeness (QED) is 0.584. The van der Waals surface area contributed by atoms with Gasteiger partial charge in [-0.1, -0.05) is 17.7 Å². The molecule has 3 heterocycles. The maximum absolute atomic E-state index is 13.5. The van der Waals surface area contributed by atoms with E-state index in [2.05, 4.69) is 9.97 Å². The Labute approximate surface area is 182 Å². The van der Waals surface area contributed by atoms with E-state index in [1.165, 1.54) is 16.2 Å². The largest absolute Gasteiger partial charge is 0.503 e. The summed E-state index contributed by atoms with van der Waals surface area (Å²) in [5.41, 5.74) is 2.52. The number of aliphatic hydroxyl groups is 1. The molecule has 1 aliphatic rings. The number of thiazole rings is 1.